The summed E-state index contributed by atoms with van der Waals surface area (Å²) in [6.07, 6.45) is 3.79. The highest BCUT2D eigenvalue weighted by atomic mass is 16.2. The van der Waals surface area contributed by atoms with Crippen molar-refractivity contribution in [1.82, 2.24) is 9.88 Å². The van der Waals surface area contributed by atoms with Gasteiger partial charge in [0.15, 0.2) is 0 Å². The number of rotatable bonds is 3. The summed E-state index contributed by atoms with van der Waals surface area (Å²) in [6.45, 7) is 1.16. The minimum Gasteiger partial charge on any atom is -0.383 e. The predicted molar refractivity (Wildman–Crippen MR) is 110 cm³/mol. The first-order valence-electron chi connectivity index (χ1n) is 9.77. The number of pyridine rings is 1. The maximum absolute atomic E-state index is 12.8. The molecule has 6 heteroatoms. The normalized spacial score (nSPS) is 16.1. The van der Waals surface area contributed by atoms with Gasteiger partial charge in [0.1, 0.15) is 17.5 Å². The van der Waals surface area contributed by atoms with Gasteiger partial charge in [-0.05, 0) is 30.5 Å². The lowest BCUT2D eigenvalue weighted by molar-refractivity contribution is -0.139. The molecule has 1 amide bonds. The van der Waals surface area contributed by atoms with Gasteiger partial charge in [0, 0.05) is 56.3 Å². The van der Waals surface area contributed by atoms with Crippen molar-refractivity contribution in [2.75, 3.05) is 31.3 Å². The third-order valence-corrected chi connectivity index (χ3v) is 5.93. The molecule has 28 heavy (non-hydrogen) atoms. The minimum atomic E-state index is 0.168. The van der Waals surface area contributed by atoms with E-state index >= 15 is 0 Å². The molecule has 6 nitrogen and oxygen atoms in total. The number of nitrogens with two attached hydrogens (primary N) is 1. The average molecular weight is 375 g/mol. The lowest BCUT2D eigenvalue weighted by atomic mass is 9.83. The molecule has 0 saturated heterocycles. The van der Waals surface area contributed by atoms with Crippen LogP contribution in [0.3, 0.4) is 0 Å². The van der Waals surface area contributed by atoms with Gasteiger partial charge in [-0.3, -0.25) is 4.79 Å². The first-order valence-corrected chi connectivity index (χ1v) is 9.77. The standard InChI is InChI=1S/C22H25N5O/c1-26(2)16-8-6-14(7-9-16)20-17(12-23)21(24)25-19-10-11-27(13-18(19)20)22(28)15-4-3-5-15/h6-9,15H,3-5,10-11,13H2,1-2H3,(H2,24,25). The van der Waals surface area contributed by atoms with E-state index in [1.165, 1.54) is 0 Å². The van der Waals surface area contributed by atoms with E-state index in [0.29, 0.717) is 25.1 Å². The van der Waals surface area contributed by atoms with E-state index in [2.05, 4.69) is 11.1 Å². The van der Waals surface area contributed by atoms with Crippen LogP contribution in [0.1, 0.15) is 36.1 Å². The van der Waals surface area contributed by atoms with Crippen LogP contribution in [0.2, 0.25) is 0 Å². The number of nitriles is 1. The molecule has 0 radical (unpaired) electrons. The number of carbonyl (C=O) groups is 1. The number of hydrogen-bond acceptors (Lipinski definition) is 5. The zero-order valence-corrected chi connectivity index (χ0v) is 16.4. The van der Waals surface area contributed by atoms with Crippen molar-refractivity contribution in [2.24, 2.45) is 5.92 Å². The quantitative estimate of drug-likeness (QED) is 0.891. The molecular weight excluding hydrogens is 350 g/mol. The molecule has 1 aromatic carbocycles. The van der Waals surface area contributed by atoms with Crippen molar-refractivity contribution < 1.29 is 4.79 Å². The first-order chi connectivity index (χ1) is 13.5. The lowest BCUT2D eigenvalue weighted by Gasteiger charge is -2.35. The molecule has 144 valence electrons. The number of benzene rings is 1. The van der Waals surface area contributed by atoms with E-state index < -0.39 is 0 Å². The summed E-state index contributed by atoms with van der Waals surface area (Å²) in [7, 11) is 3.98. The molecule has 1 aliphatic heterocycles. The van der Waals surface area contributed by atoms with Crippen LogP contribution in [0.15, 0.2) is 24.3 Å². The molecule has 1 aliphatic carbocycles. The van der Waals surface area contributed by atoms with E-state index in [1.807, 2.05) is 48.2 Å². The van der Waals surface area contributed by atoms with Gasteiger partial charge in [-0.15, -0.1) is 0 Å². The predicted octanol–water partition coefficient (Wildman–Crippen LogP) is 2.95. The first kappa shape index (κ1) is 18.3. The number of aromatic nitrogens is 1. The highest BCUT2D eigenvalue weighted by Gasteiger charge is 2.33. The Morgan fingerprint density at radius 3 is 2.57 bits per heavy atom. The van der Waals surface area contributed by atoms with Crippen LogP contribution in [0.4, 0.5) is 11.5 Å². The lowest BCUT2D eigenvalue weighted by Crippen LogP contribution is -2.42. The fourth-order valence-corrected chi connectivity index (χ4v) is 4.04. The molecule has 2 heterocycles. The van der Waals surface area contributed by atoms with Gasteiger partial charge in [0.05, 0.1) is 5.69 Å². The van der Waals surface area contributed by atoms with Crippen LogP contribution in [0.5, 0.6) is 0 Å². The van der Waals surface area contributed by atoms with Crippen molar-refractivity contribution in [1.29, 1.82) is 5.26 Å². The summed E-state index contributed by atoms with van der Waals surface area (Å²) in [6, 6.07) is 10.3. The molecule has 0 bridgehead atoms. The van der Waals surface area contributed by atoms with E-state index in [1.54, 1.807) is 0 Å². The van der Waals surface area contributed by atoms with Crippen LogP contribution in [-0.4, -0.2) is 36.4 Å². The minimum absolute atomic E-state index is 0.168. The zero-order chi connectivity index (χ0) is 19.8. The summed E-state index contributed by atoms with van der Waals surface area (Å²) in [4.78, 5) is 21.3. The van der Waals surface area contributed by atoms with E-state index in [0.717, 1.165) is 47.3 Å². The number of hydrogen-bond donors (Lipinski definition) is 1. The van der Waals surface area contributed by atoms with Crippen molar-refractivity contribution in [3.8, 4) is 17.2 Å². The second-order valence-corrected chi connectivity index (χ2v) is 7.86. The highest BCUT2D eigenvalue weighted by molar-refractivity contribution is 5.83. The van der Waals surface area contributed by atoms with Crippen LogP contribution in [0.25, 0.3) is 11.1 Å². The van der Waals surface area contributed by atoms with E-state index in [4.69, 9.17) is 5.73 Å². The van der Waals surface area contributed by atoms with Crippen LogP contribution in [-0.2, 0) is 17.8 Å². The summed E-state index contributed by atoms with van der Waals surface area (Å²) in [5.74, 6) is 0.675. The maximum Gasteiger partial charge on any atom is 0.225 e. The Balaban J connectivity index is 1.78. The highest BCUT2D eigenvalue weighted by Crippen LogP contribution is 2.37. The van der Waals surface area contributed by atoms with Crippen LogP contribution < -0.4 is 10.6 Å². The van der Waals surface area contributed by atoms with Crippen molar-refractivity contribution in [3.63, 3.8) is 0 Å². The topological polar surface area (TPSA) is 86.2 Å². The molecule has 1 aromatic heterocycles. The average Bonchev–Trinajstić information content (AvgIpc) is 2.65. The molecular formula is C22H25N5O. The SMILES string of the molecule is CN(C)c1ccc(-c2c(C#N)c(N)nc3c2CN(C(=O)C2CCC2)CC3)cc1. The number of anilines is 2. The molecule has 0 unspecified atom stereocenters. The zero-order valence-electron chi connectivity index (χ0n) is 16.4. The molecule has 0 atom stereocenters. The molecule has 2 aliphatic rings. The Labute approximate surface area is 165 Å². The van der Waals surface area contributed by atoms with Gasteiger partial charge in [-0.25, -0.2) is 4.98 Å². The summed E-state index contributed by atoms with van der Waals surface area (Å²) in [5.41, 5.74) is 11.2. The molecule has 4 rings (SSSR count). The van der Waals surface area contributed by atoms with E-state index in [9.17, 15) is 10.1 Å². The van der Waals surface area contributed by atoms with Crippen molar-refractivity contribution in [2.45, 2.75) is 32.2 Å². The van der Waals surface area contributed by atoms with Crippen molar-refractivity contribution >= 4 is 17.4 Å². The monoisotopic (exact) mass is 375 g/mol. The summed E-state index contributed by atoms with van der Waals surface area (Å²) < 4.78 is 0. The second-order valence-electron chi connectivity index (χ2n) is 7.86. The van der Waals surface area contributed by atoms with Gasteiger partial charge in [0.25, 0.3) is 0 Å². The Morgan fingerprint density at radius 1 is 1.29 bits per heavy atom. The number of carbonyl (C=O) groups excluding carboxylic acids is 1. The number of nitrogens with zero attached hydrogens (tertiary/aromatic N) is 4. The molecule has 2 aromatic rings. The van der Waals surface area contributed by atoms with Crippen molar-refractivity contribution in [3.05, 3.63) is 41.1 Å². The largest absolute Gasteiger partial charge is 0.383 e. The fourth-order valence-electron chi connectivity index (χ4n) is 4.04. The van der Waals surface area contributed by atoms with Crippen LogP contribution >= 0.6 is 0 Å². The third kappa shape index (κ3) is 3.07. The molecule has 1 saturated carbocycles. The van der Waals surface area contributed by atoms with Gasteiger partial charge in [-0.2, -0.15) is 5.26 Å². The second kappa shape index (κ2) is 7.16. The Kier molecular flexibility index (Phi) is 4.68. The fraction of sp³-hybridized carbons (Fsp3) is 0.409. The number of amides is 1. The summed E-state index contributed by atoms with van der Waals surface area (Å²) >= 11 is 0. The summed E-state index contributed by atoms with van der Waals surface area (Å²) in [5, 5.41) is 9.76. The number of nitrogen functional groups attached to an aromatic ring is 1. The molecule has 0 spiro atoms. The Morgan fingerprint density at radius 2 is 2.00 bits per heavy atom. The van der Waals surface area contributed by atoms with Gasteiger partial charge in [0.2, 0.25) is 5.91 Å². The Hall–Kier alpha value is -3.07. The molecule has 2 N–H and O–H groups in total. The van der Waals surface area contributed by atoms with Gasteiger partial charge >= 0.3 is 0 Å². The molecule has 1 fully saturated rings. The van der Waals surface area contributed by atoms with Gasteiger partial charge < -0.3 is 15.5 Å². The van der Waals surface area contributed by atoms with E-state index in [-0.39, 0.29) is 17.6 Å². The smallest absolute Gasteiger partial charge is 0.225 e. The number of fused-ring (bicyclic) bond motifs is 1. The van der Waals surface area contributed by atoms with Gasteiger partial charge in [-0.1, -0.05) is 18.6 Å². The third-order valence-electron chi connectivity index (χ3n) is 5.93. The maximum atomic E-state index is 12.8. The Bertz CT molecular complexity index is 954. The van der Waals surface area contributed by atoms with Crippen LogP contribution in [0, 0.1) is 17.2 Å².